The lowest BCUT2D eigenvalue weighted by atomic mass is 9.77. The van der Waals surface area contributed by atoms with Crippen LogP contribution >= 0.6 is 0 Å². The van der Waals surface area contributed by atoms with E-state index >= 15 is 0 Å². The first-order valence-corrected chi connectivity index (χ1v) is 9.56. The second-order valence-corrected chi connectivity index (χ2v) is 8.62. The molecule has 0 aliphatic carbocycles. The fraction of sp³-hybridized carbons (Fsp3) is 0.478. The Kier molecular flexibility index (Phi) is 5.47. The zero-order valence-electron chi connectivity index (χ0n) is 16.3. The van der Waals surface area contributed by atoms with E-state index in [2.05, 4.69) is 44.7 Å². The lowest BCUT2D eigenvalue weighted by molar-refractivity contribution is 0.331. The minimum absolute atomic E-state index is 0.144. The number of hydrogen-bond acceptors (Lipinski definition) is 1. The highest BCUT2D eigenvalue weighted by molar-refractivity contribution is 5.68. The van der Waals surface area contributed by atoms with Gasteiger partial charge in [0.2, 0.25) is 0 Å². The first kappa shape index (κ1) is 19.0. The van der Waals surface area contributed by atoms with Crippen LogP contribution in [0.4, 0.5) is 8.78 Å². The molecule has 0 radical (unpaired) electrons. The van der Waals surface area contributed by atoms with Gasteiger partial charge in [-0.25, -0.2) is 8.78 Å². The van der Waals surface area contributed by atoms with Gasteiger partial charge in [0.05, 0.1) is 0 Å². The van der Waals surface area contributed by atoms with Crippen molar-refractivity contribution in [3.8, 4) is 11.1 Å². The zero-order valence-corrected chi connectivity index (χ0v) is 16.3. The fourth-order valence-corrected chi connectivity index (χ4v) is 3.64. The molecule has 0 N–H and O–H groups in total. The van der Waals surface area contributed by atoms with Gasteiger partial charge in [-0.15, -0.1) is 0 Å². The summed E-state index contributed by atoms with van der Waals surface area (Å²) in [5.74, 6) is -1.17. The van der Waals surface area contributed by atoms with Gasteiger partial charge in [-0.2, -0.15) is 0 Å². The summed E-state index contributed by atoms with van der Waals surface area (Å²) in [6.07, 6.45) is 2.36. The molecule has 3 heteroatoms. The van der Waals surface area contributed by atoms with Crippen molar-refractivity contribution in [2.75, 3.05) is 13.1 Å². The Bertz CT molecular complexity index is 770. The Morgan fingerprint density at radius 1 is 1.00 bits per heavy atom. The van der Waals surface area contributed by atoms with E-state index in [4.69, 9.17) is 0 Å². The number of rotatable bonds is 4. The third-order valence-corrected chi connectivity index (χ3v) is 5.74. The SMILES string of the molecule is C[C@H](c1cccc(-c2cc(F)c(F)cc2CN2CCCC2)c1)C(C)(C)C. The van der Waals surface area contributed by atoms with E-state index in [1.54, 1.807) is 0 Å². The van der Waals surface area contributed by atoms with Crippen LogP contribution < -0.4 is 0 Å². The van der Waals surface area contributed by atoms with Gasteiger partial charge in [0.15, 0.2) is 11.6 Å². The second-order valence-electron chi connectivity index (χ2n) is 8.62. The van der Waals surface area contributed by atoms with Crippen molar-refractivity contribution in [1.29, 1.82) is 0 Å². The largest absolute Gasteiger partial charge is 0.299 e. The van der Waals surface area contributed by atoms with Gasteiger partial charge in [0.1, 0.15) is 0 Å². The van der Waals surface area contributed by atoms with Crippen molar-refractivity contribution < 1.29 is 8.78 Å². The molecule has 3 rings (SSSR count). The average molecular weight is 357 g/mol. The molecule has 0 aromatic heterocycles. The quantitative estimate of drug-likeness (QED) is 0.614. The van der Waals surface area contributed by atoms with Crippen LogP contribution in [-0.4, -0.2) is 18.0 Å². The van der Waals surface area contributed by atoms with Crippen LogP contribution in [0, 0.1) is 17.0 Å². The highest BCUT2D eigenvalue weighted by Crippen LogP contribution is 2.37. The van der Waals surface area contributed by atoms with Crippen LogP contribution in [0.5, 0.6) is 0 Å². The molecule has 1 atom stereocenters. The maximum atomic E-state index is 14.0. The van der Waals surface area contributed by atoms with E-state index in [1.807, 2.05) is 12.1 Å². The molecule has 1 heterocycles. The summed E-state index contributed by atoms with van der Waals surface area (Å²) in [5, 5.41) is 0. The highest BCUT2D eigenvalue weighted by atomic mass is 19.2. The van der Waals surface area contributed by atoms with Crippen molar-refractivity contribution in [3.63, 3.8) is 0 Å². The normalized spacial score (nSPS) is 16.8. The van der Waals surface area contributed by atoms with E-state index in [0.29, 0.717) is 12.5 Å². The first-order valence-electron chi connectivity index (χ1n) is 9.56. The van der Waals surface area contributed by atoms with Gasteiger partial charge in [0, 0.05) is 6.54 Å². The molecule has 0 amide bonds. The molecular formula is C23H29F2N. The van der Waals surface area contributed by atoms with Crippen LogP contribution in [0.1, 0.15) is 57.6 Å². The zero-order chi connectivity index (χ0) is 18.9. The summed E-state index contributed by atoms with van der Waals surface area (Å²) in [7, 11) is 0. The molecule has 1 fully saturated rings. The minimum atomic E-state index is -0.778. The molecule has 0 bridgehead atoms. The summed E-state index contributed by atoms with van der Waals surface area (Å²) in [5.41, 5.74) is 4.01. The first-order chi connectivity index (χ1) is 12.3. The Labute approximate surface area is 156 Å². The summed E-state index contributed by atoms with van der Waals surface area (Å²) in [4.78, 5) is 2.32. The van der Waals surface area contributed by atoms with Crippen molar-refractivity contribution in [2.24, 2.45) is 5.41 Å². The van der Waals surface area contributed by atoms with Gasteiger partial charge in [-0.1, -0.05) is 52.0 Å². The van der Waals surface area contributed by atoms with Crippen LogP contribution in [0.2, 0.25) is 0 Å². The summed E-state index contributed by atoms with van der Waals surface area (Å²) >= 11 is 0. The standard InChI is InChI=1S/C23H29F2N/c1-16(23(2,3)4)17-8-7-9-18(12-17)20-14-22(25)21(24)13-19(20)15-26-10-5-6-11-26/h7-9,12-14,16H,5-6,10-11,15H2,1-4H3/t16-/m1/s1. The number of nitrogens with zero attached hydrogens (tertiary/aromatic N) is 1. The maximum Gasteiger partial charge on any atom is 0.159 e. The number of benzene rings is 2. The molecule has 1 nitrogen and oxygen atoms in total. The lowest BCUT2D eigenvalue weighted by Crippen LogP contribution is -2.19. The van der Waals surface area contributed by atoms with E-state index in [0.717, 1.165) is 29.8 Å². The topological polar surface area (TPSA) is 3.24 Å². The third kappa shape index (κ3) is 4.15. The van der Waals surface area contributed by atoms with Crippen molar-refractivity contribution in [2.45, 2.75) is 53.0 Å². The van der Waals surface area contributed by atoms with E-state index in [-0.39, 0.29) is 5.41 Å². The van der Waals surface area contributed by atoms with Crippen LogP contribution in [0.3, 0.4) is 0 Å². The van der Waals surface area contributed by atoms with Gasteiger partial charge in [-0.3, -0.25) is 4.90 Å². The molecule has 2 aromatic carbocycles. The predicted molar refractivity (Wildman–Crippen MR) is 104 cm³/mol. The molecular weight excluding hydrogens is 328 g/mol. The predicted octanol–water partition coefficient (Wildman–Crippen LogP) is 6.38. The van der Waals surface area contributed by atoms with Crippen LogP contribution in [0.25, 0.3) is 11.1 Å². The van der Waals surface area contributed by atoms with Gasteiger partial charge >= 0.3 is 0 Å². The monoisotopic (exact) mass is 357 g/mol. The number of hydrogen-bond donors (Lipinski definition) is 0. The van der Waals surface area contributed by atoms with Crippen molar-refractivity contribution >= 4 is 0 Å². The van der Waals surface area contributed by atoms with Gasteiger partial charge in [0.25, 0.3) is 0 Å². The van der Waals surface area contributed by atoms with Crippen molar-refractivity contribution in [1.82, 2.24) is 4.90 Å². The fourth-order valence-electron chi connectivity index (χ4n) is 3.64. The van der Waals surface area contributed by atoms with Crippen molar-refractivity contribution in [3.05, 3.63) is 59.2 Å². The number of halogens is 2. The third-order valence-electron chi connectivity index (χ3n) is 5.74. The molecule has 1 aliphatic rings. The smallest absolute Gasteiger partial charge is 0.159 e. The van der Waals surface area contributed by atoms with Crippen LogP contribution in [0.15, 0.2) is 36.4 Å². The Morgan fingerprint density at radius 2 is 1.65 bits per heavy atom. The number of likely N-dealkylation sites (tertiary alicyclic amines) is 1. The average Bonchev–Trinajstić information content (AvgIpc) is 3.09. The second kappa shape index (κ2) is 7.48. The van der Waals surface area contributed by atoms with E-state index in [1.165, 1.54) is 30.5 Å². The molecule has 0 spiro atoms. The lowest BCUT2D eigenvalue weighted by Gasteiger charge is -2.28. The van der Waals surface area contributed by atoms with Gasteiger partial charge in [-0.05, 0) is 71.7 Å². The Balaban J connectivity index is 2.01. The van der Waals surface area contributed by atoms with E-state index in [9.17, 15) is 8.78 Å². The summed E-state index contributed by atoms with van der Waals surface area (Å²) in [6, 6.07) is 11.0. The Hall–Kier alpha value is -1.74. The Morgan fingerprint density at radius 3 is 2.31 bits per heavy atom. The highest BCUT2D eigenvalue weighted by Gasteiger charge is 2.23. The minimum Gasteiger partial charge on any atom is -0.299 e. The summed E-state index contributed by atoms with van der Waals surface area (Å²) < 4.78 is 27.9. The molecule has 1 aliphatic heterocycles. The van der Waals surface area contributed by atoms with Crippen LogP contribution in [-0.2, 0) is 6.54 Å². The molecule has 0 saturated carbocycles. The molecule has 1 saturated heterocycles. The molecule has 0 unspecified atom stereocenters. The maximum absolute atomic E-state index is 14.0. The van der Waals surface area contributed by atoms with Gasteiger partial charge < -0.3 is 0 Å². The molecule has 2 aromatic rings. The molecule has 140 valence electrons. The summed E-state index contributed by atoms with van der Waals surface area (Å²) in [6.45, 7) is 11.6. The van der Waals surface area contributed by atoms with E-state index < -0.39 is 11.6 Å². The molecule has 26 heavy (non-hydrogen) atoms.